The highest BCUT2D eigenvalue weighted by atomic mass is 16.3. The molecule has 0 aromatic heterocycles. The van der Waals surface area contributed by atoms with Gasteiger partial charge in [0.25, 0.3) is 0 Å². The van der Waals surface area contributed by atoms with Crippen molar-refractivity contribution in [1.29, 1.82) is 0 Å². The molecule has 88 valence electrons. The van der Waals surface area contributed by atoms with Crippen LogP contribution in [0, 0.1) is 11.3 Å². The zero-order valence-corrected chi connectivity index (χ0v) is 9.84. The second kappa shape index (κ2) is 4.94. The number of amides is 1. The third-order valence-corrected chi connectivity index (χ3v) is 2.98. The van der Waals surface area contributed by atoms with E-state index in [0.717, 1.165) is 13.0 Å². The second-order valence-electron chi connectivity index (χ2n) is 5.24. The fourth-order valence-corrected chi connectivity index (χ4v) is 1.68. The molecule has 4 nitrogen and oxygen atoms in total. The zero-order valence-electron chi connectivity index (χ0n) is 9.84. The van der Waals surface area contributed by atoms with E-state index in [2.05, 4.69) is 17.6 Å². The van der Waals surface area contributed by atoms with Crippen LogP contribution in [-0.4, -0.2) is 36.8 Å². The van der Waals surface area contributed by atoms with Gasteiger partial charge >= 0.3 is 0 Å². The highest BCUT2D eigenvalue weighted by molar-refractivity contribution is 5.82. The van der Waals surface area contributed by atoms with Crippen molar-refractivity contribution in [3.8, 4) is 0 Å². The number of nitrogens with one attached hydrogen (secondary N) is 2. The summed E-state index contributed by atoms with van der Waals surface area (Å²) >= 11 is 0. The lowest BCUT2D eigenvalue weighted by Crippen LogP contribution is -2.46. The lowest BCUT2D eigenvalue weighted by Gasteiger charge is -2.24. The molecule has 1 heterocycles. The van der Waals surface area contributed by atoms with Crippen molar-refractivity contribution >= 4 is 5.91 Å². The first-order valence-corrected chi connectivity index (χ1v) is 5.58. The average molecular weight is 214 g/mol. The van der Waals surface area contributed by atoms with Gasteiger partial charge in [0.05, 0.1) is 6.04 Å². The maximum atomic E-state index is 11.8. The number of carbonyl (C=O) groups excluding carboxylic acids is 1. The molecular weight excluding hydrogens is 192 g/mol. The van der Waals surface area contributed by atoms with E-state index in [1.807, 2.05) is 13.8 Å². The summed E-state index contributed by atoms with van der Waals surface area (Å²) in [5.74, 6) is 0.462. The lowest BCUT2D eigenvalue weighted by atomic mass is 9.94. The van der Waals surface area contributed by atoms with Gasteiger partial charge in [0.1, 0.15) is 0 Å². The van der Waals surface area contributed by atoms with E-state index in [1.165, 1.54) is 0 Å². The molecule has 2 atom stereocenters. The highest BCUT2D eigenvalue weighted by Gasteiger charge is 2.30. The van der Waals surface area contributed by atoms with Crippen molar-refractivity contribution in [2.24, 2.45) is 11.3 Å². The van der Waals surface area contributed by atoms with Gasteiger partial charge in [-0.1, -0.05) is 20.8 Å². The number of aliphatic hydroxyl groups excluding tert-OH is 1. The molecule has 4 heteroatoms. The maximum absolute atomic E-state index is 11.8. The van der Waals surface area contributed by atoms with Crippen LogP contribution in [0.15, 0.2) is 0 Å². The predicted molar refractivity (Wildman–Crippen MR) is 59.4 cm³/mol. The number of hydrogen-bond donors (Lipinski definition) is 3. The SMILES string of the molecule is CC1CCNC1C(=O)NCC(C)(C)CO. The standard InChI is InChI=1S/C11H22N2O2/c1-8-4-5-12-9(8)10(15)13-6-11(2,3)7-14/h8-9,12,14H,4-7H2,1-3H3,(H,13,15). The van der Waals surface area contributed by atoms with Crippen molar-refractivity contribution in [2.45, 2.75) is 33.2 Å². The predicted octanol–water partition coefficient (Wildman–Crippen LogP) is 0.119. The topological polar surface area (TPSA) is 61.4 Å². The molecule has 0 radical (unpaired) electrons. The minimum Gasteiger partial charge on any atom is -0.396 e. The Balaban J connectivity index is 2.36. The monoisotopic (exact) mass is 214 g/mol. The van der Waals surface area contributed by atoms with Crippen LogP contribution in [0.25, 0.3) is 0 Å². The van der Waals surface area contributed by atoms with Crippen molar-refractivity contribution in [3.63, 3.8) is 0 Å². The summed E-state index contributed by atoms with van der Waals surface area (Å²) in [6.07, 6.45) is 1.06. The minimum absolute atomic E-state index is 0.0560. The van der Waals surface area contributed by atoms with E-state index in [9.17, 15) is 4.79 Å². The molecule has 15 heavy (non-hydrogen) atoms. The number of rotatable bonds is 4. The second-order valence-corrected chi connectivity index (χ2v) is 5.24. The fourth-order valence-electron chi connectivity index (χ4n) is 1.68. The first kappa shape index (κ1) is 12.5. The molecule has 0 aliphatic carbocycles. The van der Waals surface area contributed by atoms with E-state index in [1.54, 1.807) is 0 Å². The van der Waals surface area contributed by atoms with Gasteiger partial charge in [-0.15, -0.1) is 0 Å². The van der Waals surface area contributed by atoms with Gasteiger partial charge in [0.15, 0.2) is 0 Å². The molecule has 0 saturated carbocycles. The summed E-state index contributed by atoms with van der Waals surface area (Å²) in [6.45, 7) is 7.47. The molecule has 1 saturated heterocycles. The summed E-state index contributed by atoms with van der Waals surface area (Å²) < 4.78 is 0. The van der Waals surface area contributed by atoms with Gasteiger partial charge in [-0.25, -0.2) is 0 Å². The molecule has 2 unspecified atom stereocenters. The molecule has 0 spiro atoms. The molecule has 1 aliphatic heterocycles. The quantitative estimate of drug-likeness (QED) is 0.623. The molecule has 1 rings (SSSR count). The minimum atomic E-state index is -0.239. The van der Waals surface area contributed by atoms with Crippen LogP contribution >= 0.6 is 0 Å². The van der Waals surface area contributed by atoms with Gasteiger partial charge in [0, 0.05) is 18.6 Å². The summed E-state index contributed by atoms with van der Waals surface area (Å²) in [7, 11) is 0. The normalized spacial score (nSPS) is 26.7. The largest absolute Gasteiger partial charge is 0.396 e. The van der Waals surface area contributed by atoms with Crippen LogP contribution in [0.5, 0.6) is 0 Å². The third-order valence-electron chi connectivity index (χ3n) is 2.98. The molecule has 0 aromatic rings. The molecule has 1 fully saturated rings. The Hall–Kier alpha value is -0.610. The maximum Gasteiger partial charge on any atom is 0.237 e. The number of carbonyl (C=O) groups is 1. The zero-order chi connectivity index (χ0) is 11.5. The summed E-state index contributed by atoms with van der Waals surface area (Å²) in [5, 5.41) is 15.1. The number of aliphatic hydroxyl groups is 1. The Morgan fingerprint density at radius 3 is 2.73 bits per heavy atom. The Morgan fingerprint density at radius 2 is 2.27 bits per heavy atom. The Bertz CT molecular complexity index is 229. The van der Waals surface area contributed by atoms with Crippen molar-refractivity contribution in [1.82, 2.24) is 10.6 Å². The van der Waals surface area contributed by atoms with Gasteiger partial charge < -0.3 is 15.7 Å². The van der Waals surface area contributed by atoms with Gasteiger partial charge in [-0.3, -0.25) is 4.79 Å². The van der Waals surface area contributed by atoms with Crippen LogP contribution in [0.1, 0.15) is 27.2 Å². The van der Waals surface area contributed by atoms with E-state index in [4.69, 9.17) is 5.11 Å². The smallest absolute Gasteiger partial charge is 0.237 e. The van der Waals surface area contributed by atoms with Gasteiger partial charge in [-0.2, -0.15) is 0 Å². The first-order chi connectivity index (χ1) is 6.96. The Morgan fingerprint density at radius 1 is 1.60 bits per heavy atom. The van der Waals surface area contributed by atoms with Crippen molar-refractivity contribution < 1.29 is 9.90 Å². The Labute approximate surface area is 91.4 Å². The van der Waals surface area contributed by atoms with Crippen molar-refractivity contribution in [2.75, 3.05) is 19.7 Å². The summed E-state index contributed by atoms with van der Waals surface area (Å²) in [6, 6.07) is -0.0560. The van der Waals surface area contributed by atoms with Crippen molar-refractivity contribution in [3.05, 3.63) is 0 Å². The van der Waals surface area contributed by atoms with Gasteiger partial charge in [0.2, 0.25) is 5.91 Å². The van der Waals surface area contributed by atoms with Crippen LogP contribution in [-0.2, 0) is 4.79 Å². The van der Waals surface area contributed by atoms with Crippen LogP contribution in [0.2, 0.25) is 0 Å². The molecule has 3 N–H and O–H groups in total. The van der Waals surface area contributed by atoms with Crippen LogP contribution < -0.4 is 10.6 Å². The molecule has 0 bridgehead atoms. The molecule has 1 amide bonds. The van der Waals surface area contributed by atoms with E-state index < -0.39 is 0 Å². The summed E-state index contributed by atoms with van der Waals surface area (Å²) in [5.41, 5.74) is -0.239. The first-order valence-electron chi connectivity index (χ1n) is 5.58. The van der Waals surface area contributed by atoms with Gasteiger partial charge in [-0.05, 0) is 18.9 Å². The Kier molecular flexibility index (Phi) is 4.11. The molecule has 1 aliphatic rings. The van der Waals surface area contributed by atoms with E-state index >= 15 is 0 Å². The summed E-state index contributed by atoms with van der Waals surface area (Å²) in [4.78, 5) is 11.8. The lowest BCUT2D eigenvalue weighted by molar-refractivity contribution is -0.124. The number of hydrogen-bond acceptors (Lipinski definition) is 3. The van der Waals surface area contributed by atoms with E-state index in [-0.39, 0.29) is 24.0 Å². The fraction of sp³-hybridized carbons (Fsp3) is 0.909. The van der Waals surface area contributed by atoms with E-state index in [0.29, 0.717) is 12.5 Å². The third kappa shape index (κ3) is 3.47. The van der Waals surface area contributed by atoms with Crippen LogP contribution in [0.3, 0.4) is 0 Å². The highest BCUT2D eigenvalue weighted by Crippen LogP contribution is 2.15. The molecule has 0 aromatic carbocycles. The average Bonchev–Trinajstić information content (AvgIpc) is 2.61. The van der Waals surface area contributed by atoms with Crippen LogP contribution in [0.4, 0.5) is 0 Å². The molecular formula is C11H22N2O2.